The van der Waals surface area contributed by atoms with Crippen LogP contribution in [0.1, 0.15) is 11.4 Å². The molecule has 0 saturated heterocycles. The molecule has 0 spiro atoms. The van der Waals surface area contributed by atoms with E-state index >= 15 is 0 Å². The van der Waals surface area contributed by atoms with E-state index in [0.717, 1.165) is 15.6 Å². The first-order valence-electron chi connectivity index (χ1n) is 5.95. The van der Waals surface area contributed by atoms with E-state index in [2.05, 4.69) is 25.9 Å². The van der Waals surface area contributed by atoms with Crippen molar-refractivity contribution in [3.63, 3.8) is 0 Å². The third-order valence-corrected chi connectivity index (χ3v) is 3.48. The van der Waals surface area contributed by atoms with Gasteiger partial charge in [0.1, 0.15) is 5.82 Å². The number of hydrogen-bond donors (Lipinski definition) is 1. The number of H-pyrrole nitrogens is 1. The molecule has 1 heterocycles. The van der Waals surface area contributed by atoms with Gasteiger partial charge in [0.2, 0.25) is 0 Å². The zero-order chi connectivity index (χ0) is 13.2. The van der Waals surface area contributed by atoms with Gasteiger partial charge in [-0.2, -0.15) is 0 Å². The van der Waals surface area contributed by atoms with Crippen molar-refractivity contribution >= 4 is 26.8 Å². The second-order valence-electron chi connectivity index (χ2n) is 4.33. The predicted molar refractivity (Wildman–Crippen MR) is 79.3 cm³/mol. The quantitative estimate of drug-likeness (QED) is 0.789. The summed E-state index contributed by atoms with van der Waals surface area (Å²) in [5.41, 5.74) is 1.76. The highest BCUT2D eigenvalue weighted by molar-refractivity contribution is 9.10. The number of rotatable bonds is 2. The van der Waals surface area contributed by atoms with E-state index in [-0.39, 0.29) is 5.56 Å². The van der Waals surface area contributed by atoms with Gasteiger partial charge in [0.05, 0.1) is 10.9 Å². The maximum atomic E-state index is 11.9. The molecule has 0 atom stereocenters. The topological polar surface area (TPSA) is 45.8 Å². The molecule has 0 bridgehead atoms. The highest BCUT2D eigenvalue weighted by Crippen LogP contribution is 2.13. The second-order valence-corrected chi connectivity index (χ2v) is 5.25. The molecule has 3 rings (SSSR count). The van der Waals surface area contributed by atoms with Crippen LogP contribution >= 0.6 is 15.9 Å². The molecule has 0 aliphatic rings. The molecule has 0 radical (unpaired) electrons. The lowest BCUT2D eigenvalue weighted by molar-refractivity contribution is 0.973. The number of fused-ring (bicyclic) bond motifs is 1. The summed E-state index contributed by atoms with van der Waals surface area (Å²) in [5.74, 6) is 0.686. The van der Waals surface area contributed by atoms with Crippen LogP contribution in [0.5, 0.6) is 0 Å². The van der Waals surface area contributed by atoms with Crippen LogP contribution in [0.25, 0.3) is 10.9 Å². The van der Waals surface area contributed by atoms with Gasteiger partial charge in [0.15, 0.2) is 0 Å². The molecule has 0 aliphatic heterocycles. The van der Waals surface area contributed by atoms with Crippen molar-refractivity contribution in [2.75, 3.05) is 0 Å². The zero-order valence-electron chi connectivity index (χ0n) is 10.1. The molecular formula is C15H11BrN2O. The van der Waals surface area contributed by atoms with Crippen LogP contribution in [0.2, 0.25) is 0 Å². The van der Waals surface area contributed by atoms with Gasteiger partial charge in [-0.3, -0.25) is 4.79 Å². The summed E-state index contributed by atoms with van der Waals surface area (Å²) in [6, 6.07) is 15.4. The van der Waals surface area contributed by atoms with Crippen LogP contribution < -0.4 is 5.56 Å². The molecule has 1 aromatic heterocycles. The van der Waals surface area contributed by atoms with Crippen molar-refractivity contribution in [2.45, 2.75) is 6.42 Å². The Balaban J connectivity index is 2.01. The van der Waals surface area contributed by atoms with E-state index in [9.17, 15) is 4.79 Å². The SMILES string of the molecule is O=c1[nH]c(Cc2ccc(Br)cc2)nc2ccccc12. The number of halogens is 1. The normalized spacial score (nSPS) is 10.8. The third-order valence-electron chi connectivity index (χ3n) is 2.95. The Bertz CT molecular complexity index is 778. The molecule has 0 aliphatic carbocycles. The van der Waals surface area contributed by atoms with Gasteiger partial charge in [0.25, 0.3) is 5.56 Å². The molecule has 3 aromatic rings. The van der Waals surface area contributed by atoms with Gasteiger partial charge in [-0.25, -0.2) is 4.98 Å². The molecule has 94 valence electrons. The number of benzene rings is 2. The van der Waals surface area contributed by atoms with Crippen molar-refractivity contribution in [2.24, 2.45) is 0 Å². The lowest BCUT2D eigenvalue weighted by Crippen LogP contribution is -2.12. The second kappa shape index (κ2) is 4.97. The Kier molecular flexibility index (Phi) is 3.17. The highest BCUT2D eigenvalue weighted by atomic mass is 79.9. The number of aromatic amines is 1. The molecular weight excluding hydrogens is 304 g/mol. The van der Waals surface area contributed by atoms with Crippen LogP contribution in [-0.2, 0) is 6.42 Å². The molecule has 4 heteroatoms. The molecule has 0 fully saturated rings. The van der Waals surface area contributed by atoms with E-state index in [1.54, 1.807) is 6.07 Å². The largest absolute Gasteiger partial charge is 0.310 e. The van der Waals surface area contributed by atoms with Gasteiger partial charge in [-0.15, -0.1) is 0 Å². The maximum Gasteiger partial charge on any atom is 0.258 e. The molecule has 2 aromatic carbocycles. The number of aromatic nitrogens is 2. The van der Waals surface area contributed by atoms with E-state index < -0.39 is 0 Å². The summed E-state index contributed by atoms with van der Waals surface area (Å²) in [6.45, 7) is 0. The van der Waals surface area contributed by atoms with Crippen molar-refractivity contribution < 1.29 is 0 Å². The average molecular weight is 315 g/mol. The summed E-state index contributed by atoms with van der Waals surface area (Å²) in [5, 5.41) is 0.627. The first-order chi connectivity index (χ1) is 9.22. The Morgan fingerprint density at radius 3 is 2.58 bits per heavy atom. The molecule has 1 N–H and O–H groups in total. The third kappa shape index (κ3) is 2.58. The van der Waals surface area contributed by atoms with E-state index in [1.807, 2.05) is 42.5 Å². The van der Waals surface area contributed by atoms with Gasteiger partial charge in [-0.05, 0) is 29.8 Å². The fourth-order valence-corrected chi connectivity index (χ4v) is 2.28. The minimum Gasteiger partial charge on any atom is -0.310 e. The van der Waals surface area contributed by atoms with E-state index in [1.165, 1.54) is 0 Å². The number of para-hydroxylation sites is 1. The number of hydrogen-bond acceptors (Lipinski definition) is 2. The highest BCUT2D eigenvalue weighted by Gasteiger charge is 2.04. The van der Waals surface area contributed by atoms with Crippen LogP contribution in [0.4, 0.5) is 0 Å². The molecule has 0 saturated carbocycles. The smallest absolute Gasteiger partial charge is 0.258 e. The summed E-state index contributed by atoms with van der Waals surface area (Å²) in [4.78, 5) is 19.3. The van der Waals surface area contributed by atoms with Gasteiger partial charge in [-0.1, -0.05) is 40.2 Å². The molecule has 3 nitrogen and oxygen atoms in total. The first-order valence-corrected chi connectivity index (χ1v) is 6.74. The summed E-state index contributed by atoms with van der Waals surface area (Å²) in [7, 11) is 0. The van der Waals surface area contributed by atoms with Crippen LogP contribution in [0.3, 0.4) is 0 Å². The first kappa shape index (κ1) is 12.1. The van der Waals surface area contributed by atoms with Crippen molar-refractivity contribution in [3.05, 3.63) is 74.7 Å². The Labute approximate surface area is 118 Å². The van der Waals surface area contributed by atoms with E-state index in [0.29, 0.717) is 17.6 Å². The number of nitrogens with zero attached hydrogens (tertiary/aromatic N) is 1. The Morgan fingerprint density at radius 1 is 1.05 bits per heavy atom. The Hall–Kier alpha value is -1.94. The van der Waals surface area contributed by atoms with Crippen molar-refractivity contribution in [1.29, 1.82) is 0 Å². The van der Waals surface area contributed by atoms with Crippen molar-refractivity contribution in [3.8, 4) is 0 Å². The fourth-order valence-electron chi connectivity index (χ4n) is 2.01. The molecule has 0 unspecified atom stereocenters. The monoisotopic (exact) mass is 314 g/mol. The zero-order valence-corrected chi connectivity index (χ0v) is 11.6. The Morgan fingerprint density at radius 2 is 1.79 bits per heavy atom. The summed E-state index contributed by atoms with van der Waals surface area (Å²) >= 11 is 3.40. The maximum absolute atomic E-state index is 11.9. The van der Waals surface area contributed by atoms with Crippen LogP contribution in [0.15, 0.2) is 57.8 Å². The molecule has 19 heavy (non-hydrogen) atoms. The lowest BCUT2D eigenvalue weighted by Gasteiger charge is -2.03. The molecule has 0 amide bonds. The van der Waals surface area contributed by atoms with Gasteiger partial charge >= 0.3 is 0 Å². The minimum absolute atomic E-state index is 0.0855. The summed E-state index contributed by atoms with van der Waals surface area (Å²) in [6.07, 6.45) is 0.618. The number of nitrogens with one attached hydrogen (secondary N) is 1. The minimum atomic E-state index is -0.0855. The van der Waals surface area contributed by atoms with Crippen molar-refractivity contribution in [1.82, 2.24) is 9.97 Å². The lowest BCUT2D eigenvalue weighted by atomic mass is 10.1. The average Bonchev–Trinajstić information content (AvgIpc) is 2.42. The van der Waals surface area contributed by atoms with Crippen LogP contribution in [0, 0.1) is 0 Å². The van der Waals surface area contributed by atoms with Crippen LogP contribution in [-0.4, -0.2) is 9.97 Å². The summed E-state index contributed by atoms with van der Waals surface area (Å²) < 4.78 is 1.04. The van der Waals surface area contributed by atoms with Gasteiger partial charge < -0.3 is 4.98 Å². The van der Waals surface area contributed by atoms with Gasteiger partial charge in [0, 0.05) is 10.9 Å². The predicted octanol–water partition coefficient (Wildman–Crippen LogP) is 3.28. The van der Waals surface area contributed by atoms with E-state index in [4.69, 9.17) is 0 Å². The standard InChI is InChI=1S/C15H11BrN2O/c16-11-7-5-10(6-8-11)9-14-17-13-4-2-1-3-12(13)15(19)18-14/h1-8H,9H2,(H,17,18,19). The fraction of sp³-hybridized carbons (Fsp3) is 0.0667.